The number of nitrogens with zero attached hydrogens (tertiary/aromatic N) is 1. The Balaban J connectivity index is 1.88. The second-order valence-electron chi connectivity index (χ2n) is 7.69. The van der Waals surface area contributed by atoms with Crippen molar-refractivity contribution in [3.63, 3.8) is 0 Å². The number of hydrogen-bond acceptors (Lipinski definition) is 3. The zero-order chi connectivity index (χ0) is 14.7. The number of hydrogen-bond donors (Lipinski definition) is 1. The Morgan fingerprint density at radius 1 is 1.15 bits per heavy atom. The van der Waals surface area contributed by atoms with Gasteiger partial charge in [0.2, 0.25) is 0 Å². The molecule has 0 aromatic rings. The molecule has 0 spiro atoms. The minimum absolute atomic E-state index is 0.195. The Kier molecular flexibility index (Phi) is 5.88. The van der Waals surface area contributed by atoms with Crippen molar-refractivity contribution >= 4 is 0 Å². The molecule has 0 radical (unpaired) electrons. The first kappa shape index (κ1) is 16.3. The van der Waals surface area contributed by atoms with Crippen molar-refractivity contribution in [2.75, 3.05) is 26.2 Å². The van der Waals surface area contributed by atoms with E-state index in [-0.39, 0.29) is 12.2 Å². The van der Waals surface area contributed by atoms with Crippen molar-refractivity contribution < 1.29 is 9.84 Å². The maximum Gasteiger partial charge on any atom is 0.0732 e. The SMILES string of the molecule is CC(C)CCN1CC(O)C(C2OCCC2CC(C)C)C1. The molecule has 2 aliphatic heterocycles. The first-order valence-corrected chi connectivity index (χ1v) is 8.49. The van der Waals surface area contributed by atoms with Crippen LogP contribution in [0.4, 0.5) is 0 Å². The van der Waals surface area contributed by atoms with E-state index in [0.29, 0.717) is 11.8 Å². The van der Waals surface area contributed by atoms with Gasteiger partial charge in [0.15, 0.2) is 0 Å². The van der Waals surface area contributed by atoms with Crippen LogP contribution in [0.1, 0.15) is 47.0 Å². The molecule has 0 aromatic heterocycles. The lowest BCUT2D eigenvalue weighted by Gasteiger charge is -2.27. The Bertz CT molecular complexity index is 293. The van der Waals surface area contributed by atoms with Crippen molar-refractivity contribution in [3.8, 4) is 0 Å². The molecular formula is C17H33NO2. The average molecular weight is 283 g/mol. The third-order valence-electron chi connectivity index (χ3n) is 4.89. The third kappa shape index (κ3) is 4.19. The molecule has 118 valence electrons. The summed E-state index contributed by atoms with van der Waals surface area (Å²) in [4.78, 5) is 2.43. The van der Waals surface area contributed by atoms with Crippen LogP contribution in [0.5, 0.6) is 0 Å². The van der Waals surface area contributed by atoms with Crippen LogP contribution < -0.4 is 0 Å². The van der Waals surface area contributed by atoms with Crippen LogP contribution in [0.2, 0.25) is 0 Å². The molecule has 2 aliphatic rings. The highest BCUT2D eigenvalue weighted by Gasteiger charge is 2.43. The molecule has 4 unspecified atom stereocenters. The summed E-state index contributed by atoms with van der Waals surface area (Å²) >= 11 is 0. The van der Waals surface area contributed by atoms with E-state index in [9.17, 15) is 5.11 Å². The summed E-state index contributed by atoms with van der Waals surface area (Å²) in [6.07, 6.45) is 3.73. The van der Waals surface area contributed by atoms with E-state index in [1.807, 2.05) is 0 Å². The molecule has 0 saturated carbocycles. The molecule has 2 saturated heterocycles. The van der Waals surface area contributed by atoms with Gasteiger partial charge in [0.1, 0.15) is 0 Å². The van der Waals surface area contributed by atoms with Crippen LogP contribution in [0.3, 0.4) is 0 Å². The lowest BCUT2D eigenvalue weighted by Crippen LogP contribution is -2.35. The summed E-state index contributed by atoms with van der Waals surface area (Å²) in [6.45, 7) is 13.0. The number of likely N-dealkylation sites (tertiary alicyclic amines) is 1. The largest absolute Gasteiger partial charge is 0.391 e. The van der Waals surface area contributed by atoms with Crippen LogP contribution in [-0.4, -0.2) is 48.5 Å². The van der Waals surface area contributed by atoms with Gasteiger partial charge in [0, 0.05) is 25.6 Å². The predicted molar refractivity (Wildman–Crippen MR) is 82.7 cm³/mol. The maximum atomic E-state index is 10.4. The monoisotopic (exact) mass is 283 g/mol. The molecule has 0 bridgehead atoms. The van der Waals surface area contributed by atoms with Crippen molar-refractivity contribution in [3.05, 3.63) is 0 Å². The van der Waals surface area contributed by atoms with Crippen LogP contribution in [0.25, 0.3) is 0 Å². The highest BCUT2D eigenvalue weighted by atomic mass is 16.5. The third-order valence-corrected chi connectivity index (χ3v) is 4.89. The standard InChI is InChI=1S/C17H33NO2/c1-12(2)5-7-18-10-15(16(19)11-18)17-14(6-8-20-17)9-13(3)4/h12-17,19H,5-11H2,1-4H3. The fourth-order valence-corrected chi connectivity index (χ4v) is 3.83. The van der Waals surface area contributed by atoms with E-state index in [2.05, 4.69) is 32.6 Å². The Morgan fingerprint density at radius 3 is 2.55 bits per heavy atom. The maximum absolute atomic E-state index is 10.4. The zero-order valence-corrected chi connectivity index (χ0v) is 13.7. The minimum Gasteiger partial charge on any atom is -0.391 e. The molecule has 3 nitrogen and oxygen atoms in total. The van der Waals surface area contributed by atoms with Gasteiger partial charge in [0.25, 0.3) is 0 Å². The topological polar surface area (TPSA) is 32.7 Å². The smallest absolute Gasteiger partial charge is 0.0732 e. The number of aliphatic hydroxyl groups excluding tert-OH is 1. The van der Waals surface area contributed by atoms with Crippen molar-refractivity contribution in [1.29, 1.82) is 0 Å². The normalized spacial score (nSPS) is 35.5. The molecule has 0 amide bonds. The summed E-state index contributed by atoms with van der Waals surface area (Å²) in [5, 5.41) is 10.4. The quantitative estimate of drug-likeness (QED) is 0.813. The van der Waals surface area contributed by atoms with Gasteiger partial charge < -0.3 is 14.7 Å². The van der Waals surface area contributed by atoms with Crippen LogP contribution in [-0.2, 0) is 4.74 Å². The predicted octanol–water partition coefficient (Wildman–Crippen LogP) is 2.78. The minimum atomic E-state index is -0.195. The Hall–Kier alpha value is -0.120. The fourth-order valence-electron chi connectivity index (χ4n) is 3.83. The molecule has 0 aromatic carbocycles. The summed E-state index contributed by atoms with van der Waals surface area (Å²) in [5.41, 5.74) is 0. The van der Waals surface area contributed by atoms with Crippen LogP contribution in [0.15, 0.2) is 0 Å². The number of ether oxygens (including phenoxy) is 1. The van der Waals surface area contributed by atoms with E-state index in [0.717, 1.165) is 38.1 Å². The molecular weight excluding hydrogens is 250 g/mol. The van der Waals surface area contributed by atoms with Gasteiger partial charge in [-0.25, -0.2) is 0 Å². The fraction of sp³-hybridized carbons (Fsp3) is 1.00. The van der Waals surface area contributed by atoms with Crippen molar-refractivity contribution in [1.82, 2.24) is 4.90 Å². The molecule has 1 N–H and O–H groups in total. The molecule has 20 heavy (non-hydrogen) atoms. The van der Waals surface area contributed by atoms with Gasteiger partial charge in [-0.05, 0) is 43.6 Å². The van der Waals surface area contributed by atoms with Gasteiger partial charge >= 0.3 is 0 Å². The lowest BCUT2D eigenvalue weighted by atomic mass is 9.84. The van der Waals surface area contributed by atoms with Crippen LogP contribution in [0, 0.1) is 23.7 Å². The highest BCUT2D eigenvalue weighted by Crippen LogP contribution is 2.36. The summed E-state index contributed by atoms with van der Waals surface area (Å²) < 4.78 is 6.01. The van der Waals surface area contributed by atoms with E-state index in [4.69, 9.17) is 4.74 Å². The number of β-amino-alcohol motifs (C(OH)–C–C–N with tert-alkyl or cyclic N) is 1. The van der Waals surface area contributed by atoms with E-state index >= 15 is 0 Å². The zero-order valence-electron chi connectivity index (χ0n) is 13.7. The van der Waals surface area contributed by atoms with Gasteiger partial charge in [-0.2, -0.15) is 0 Å². The molecule has 2 rings (SSSR count). The van der Waals surface area contributed by atoms with Gasteiger partial charge in [-0.15, -0.1) is 0 Å². The molecule has 2 heterocycles. The van der Waals surface area contributed by atoms with E-state index in [1.165, 1.54) is 19.3 Å². The summed E-state index contributed by atoms with van der Waals surface area (Å²) in [7, 11) is 0. The van der Waals surface area contributed by atoms with Gasteiger partial charge in [0.05, 0.1) is 12.2 Å². The molecule has 3 heteroatoms. The molecule has 4 atom stereocenters. The average Bonchev–Trinajstić information content (AvgIpc) is 2.92. The first-order valence-electron chi connectivity index (χ1n) is 8.49. The number of aliphatic hydroxyl groups is 1. The molecule has 0 aliphatic carbocycles. The molecule has 2 fully saturated rings. The summed E-state index contributed by atoms with van der Waals surface area (Å²) in [6, 6.07) is 0. The number of rotatable bonds is 6. The second-order valence-corrected chi connectivity index (χ2v) is 7.69. The van der Waals surface area contributed by atoms with E-state index < -0.39 is 0 Å². The Morgan fingerprint density at radius 2 is 1.90 bits per heavy atom. The van der Waals surface area contributed by atoms with E-state index in [1.54, 1.807) is 0 Å². The summed E-state index contributed by atoms with van der Waals surface area (Å²) in [5.74, 6) is 2.44. The van der Waals surface area contributed by atoms with Crippen molar-refractivity contribution in [2.45, 2.75) is 59.2 Å². The van der Waals surface area contributed by atoms with Crippen molar-refractivity contribution in [2.24, 2.45) is 23.7 Å². The second kappa shape index (κ2) is 7.24. The first-order chi connectivity index (χ1) is 9.47. The van der Waals surface area contributed by atoms with Gasteiger partial charge in [-0.3, -0.25) is 0 Å². The van der Waals surface area contributed by atoms with Crippen LogP contribution >= 0.6 is 0 Å². The van der Waals surface area contributed by atoms with Gasteiger partial charge in [-0.1, -0.05) is 27.7 Å². The highest BCUT2D eigenvalue weighted by molar-refractivity contribution is 4.93. The lowest BCUT2D eigenvalue weighted by molar-refractivity contribution is -0.00144. The Labute approximate surface area is 124 Å².